The van der Waals surface area contributed by atoms with E-state index in [0.29, 0.717) is 12.0 Å². The minimum absolute atomic E-state index is 0.569. The van der Waals surface area contributed by atoms with Crippen molar-refractivity contribution in [1.82, 2.24) is 4.90 Å². The van der Waals surface area contributed by atoms with Crippen LogP contribution in [0, 0.1) is 12.8 Å². The normalized spacial score (nSPS) is 22.9. The molecule has 18 heavy (non-hydrogen) atoms. The third-order valence-corrected chi connectivity index (χ3v) is 4.17. The summed E-state index contributed by atoms with van der Waals surface area (Å²) in [6.07, 6.45) is 3.78. The Labute approximate surface area is 111 Å². The van der Waals surface area contributed by atoms with Gasteiger partial charge in [0, 0.05) is 12.6 Å². The molecule has 1 saturated heterocycles. The van der Waals surface area contributed by atoms with Crippen LogP contribution in [0.1, 0.15) is 43.4 Å². The van der Waals surface area contributed by atoms with Crippen molar-refractivity contribution in [3.8, 4) is 0 Å². The zero-order valence-corrected chi connectivity index (χ0v) is 11.7. The van der Waals surface area contributed by atoms with E-state index in [1.807, 2.05) is 0 Å². The highest BCUT2D eigenvalue weighted by Crippen LogP contribution is 2.29. The number of piperidine rings is 1. The first-order valence-electron chi connectivity index (χ1n) is 7.25. The topological polar surface area (TPSA) is 29.3 Å². The highest BCUT2D eigenvalue weighted by molar-refractivity contribution is 5.24. The van der Waals surface area contributed by atoms with Gasteiger partial charge in [-0.25, -0.2) is 0 Å². The molecule has 1 aromatic carbocycles. The lowest BCUT2D eigenvalue weighted by molar-refractivity contribution is 0.122. The van der Waals surface area contributed by atoms with Crippen molar-refractivity contribution >= 4 is 0 Å². The molecule has 2 atom stereocenters. The monoisotopic (exact) mass is 246 g/mol. The molecular weight excluding hydrogens is 220 g/mol. The molecule has 1 heterocycles. The Morgan fingerprint density at radius 3 is 2.67 bits per heavy atom. The molecule has 1 aliphatic heterocycles. The third-order valence-electron chi connectivity index (χ3n) is 4.17. The Balaban J connectivity index is 2.10. The minimum Gasteiger partial charge on any atom is -0.330 e. The van der Waals surface area contributed by atoms with Gasteiger partial charge in [-0.1, -0.05) is 36.8 Å². The summed E-state index contributed by atoms with van der Waals surface area (Å²) >= 11 is 0. The summed E-state index contributed by atoms with van der Waals surface area (Å²) < 4.78 is 0. The average molecular weight is 246 g/mol. The van der Waals surface area contributed by atoms with Crippen molar-refractivity contribution in [3.05, 3.63) is 35.4 Å². The Kier molecular flexibility index (Phi) is 4.79. The van der Waals surface area contributed by atoms with Crippen molar-refractivity contribution in [2.75, 3.05) is 19.6 Å². The number of aryl methyl sites for hydroxylation is 1. The Morgan fingerprint density at radius 1 is 1.33 bits per heavy atom. The van der Waals surface area contributed by atoms with Gasteiger partial charge in [0.2, 0.25) is 0 Å². The minimum atomic E-state index is 0.569. The number of nitrogens with zero attached hydrogens (tertiary/aromatic N) is 1. The summed E-state index contributed by atoms with van der Waals surface area (Å²) in [5, 5.41) is 0. The van der Waals surface area contributed by atoms with E-state index >= 15 is 0 Å². The van der Waals surface area contributed by atoms with Crippen molar-refractivity contribution < 1.29 is 0 Å². The summed E-state index contributed by atoms with van der Waals surface area (Å²) in [5.41, 5.74) is 8.64. The molecule has 2 N–H and O–H groups in total. The van der Waals surface area contributed by atoms with Gasteiger partial charge in [0.25, 0.3) is 0 Å². The second kappa shape index (κ2) is 6.35. The molecule has 1 fully saturated rings. The fourth-order valence-electron chi connectivity index (χ4n) is 3.07. The van der Waals surface area contributed by atoms with Gasteiger partial charge in [-0.3, -0.25) is 4.90 Å². The van der Waals surface area contributed by atoms with Gasteiger partial charge in [0.15, 0.2) is 0 Å². The van der Waals surface area contributed by atoms with Crippen LogP contribution in [0.4, 0.5) is 0 Å². The molecule has 1 aliphatic rings. The zero-order valence-electron chi connectivity index (χ0n) is 11.7. The molecule has 2 rings (SSSR count). The molecule has 1 aromatic rings. The van der Waals surface area contributed by atoms with E-state index in [0.717, 1.165) is 6.54 Å². The Morgan fingerprint density at radius 2 is 2.06 bits per heavy atom. The lowest BCUT2D eigenvalue weighted by Crippen LogP contribution is -2.40. The van der Waals surface area contributed by atoms with Crippen LogP contribution >= 0.6 is 0 Å². The highest BCUT2D eigenvalue weighted by atomic mass is 15.2. The van der Waals surface area contributed by atoms with Crippen LogP contribution < -0.4 is 5.73 Å². The van der Waals surface area contributed by atoms with Crippen molar-refractivity contribution in [2.24, 2.45) is 11.7 Å². The standard InChI is InChI=1S/C16H26N2/c1-3-16(15-8-6-13(2)7-9-15)18-10-4-5-14(11-17)12-18/h6-9,14,16H,3-5,10-12,17H2,1-2H3. The molecule has 0 bridgehead atoms. The van der Waals surface area contributed by atoms with E-state index in [9.17, 15) is 0 Å². The van der Waals surface area contributed by atoms with Crippen molar-refractivity contribution in [2.45, 2.75) is 39.2 Å². The number of hydrogen-bond acceptors (Lipinski definition) is 2. The Hall–Kier alpha value is -0.860. The van der Waals surface area contributed by atoms with Crippen LogP contribution in [0.2, 0.25) is 0 Å². The predicted octanol–water partition coefficient (Wildman–Crippen LogP) is 3.12. The largest absolute Gasteiger partial charge is 0.330 e. The zero-order chi connectivity index (χ0) is 13.0. The van der Waals surface area contributed by atoms with Crippen LogP contribution in [0.25, 0.3) is 0 Å². The quantitative estimate of drug-likeness (QED) is 0.884. The molecule has 0 aromatic heterocycles. The van der Waals surface area contributed by atoms with E-state index in [1.54, 1.807) is 0 Å². The van der Waals surface area contributed by atoms with Crippen LogP contribution in [0.5, 0.6) is 0 Å². The molecule has 0 radical (unpaired) electrons. The maximum absolute atomic E-state index is 5.84. The fourth-order valence-corrected chi connectivity index (χ4v) is 3.07. The fraction of sp³-hybridized carbons (Fsp3) is 0.625. The summed E-state index contributed by atoms with van der Waals surface area (Å²) in [5.74, 6) is 0.693. The SMILES string of the molecule is CCC(c1ccc(C)cc1)N1CCCC(CN)C1. The maximum atomic E-state index is 5.84. The third kappa shape index (κ3) is 3.12. The summed E-state index contributed by atoms with van der Waals surface area (Å²) in [6, 6.07) is 9.59. The van der Waals surface area contributed by atoms with Gasteiger partial charge >= 0.3 is 0 Å². The van der Waals surface area contributed by atoms with Crippen LogP contribution in [-0.2, 0) is 0 Å². The number of rotatable bonds is 4. The molecule has 2 unspecified atom stereocenters. The summed E-state index contributed by atoms with van der Waals surface area (Å²) in [4.78, 5) is 2.63. The lowest BCUT2D eigenvalue weighted by Gasteiger charge is -2.38. The van der Waals surface area contributed by atoms with Gasteiger partial charge in [0.1, 0.15) is 0 Å². The lowest BCUT2D eigenvalue weighted by atomic mass is 9.93. The van der Waals surface area contributed by atoms with Crippen molar-refractivity contribution in [1.29, 1.82) is 0 Å². The van der Waals surface area contributed by atoms with E-state index in [4.69, 9.17) is 5.73 Å². The maximum Gasteiger partial charge on any atom is 0.0345 e. The van der Waals surface area contributed by atoms with Gasteiger partial charge in [-0.05, 0) is 50.8 Å². The van der Waals surface area contributed by atoms with Crippen molar-refractivity contribution in [3.63, 3.8) is 0 Å². The molecule has 0 amide bonds. The van der Waals surface area contributed by atoms with Gasteiger partial charge < -0.3 is 5.73 Å². The summed E-state index contributed by atoms with van der Waals surface area (Å²) in [7, 11) is 0. The molecule has 0 saturated carbocycles. The van der Waals surface area contributed by atoms with Crippen LogP contribution in [0.15, 0.2) is 24.3 Å². The molecule has 2 heteroatoms. The number of nitrogens with two attached hydrogens (primary N) is 1. The van der Waals surface area contributed by atoms with Crippen LogP contribution in [-0.4, -0.2) is 24.5 Å². The van der Waals surface area contributed by atoms with E-state index in [1.165, 1.54) is 43.5 Å². The van der Waals surface area contributed by atoms with E-state index < -0.39 is 0 Å². The molecule has 0 spiro atoms. The smallest absolute Gasteiger partial charge is 0.0345 e. The first-order chi connectivity index (χ1) is 8.74. The van der Waals surface area contributed by atoms with Gasteiger partial charge in [0.05, 0.1) is 0 Å². The second-order valence-electron chi connectivity index (χ2n) is 5.57. The van der Waals surface area contributed by atoms with E-state index in [2.05, 4.69) is 43.0 Å². The van der Waals surface area contributed by atoms with E-state index in [-0.39, 0.29) is 0 Å². The number of hydrogen-bond donors (Lipinski definition) is 1. The highest BCUT2D eigenvalue weighted by Gasteiger charge is 2.25. The first-order valence-corrected chi connectivity index (χ1v) is 7.25. The first kappa shape index (κ1) is 13.6. The number of likely N-dealkylation sites (tertiary alicyclic amines) is 1. The molecule has 2 nitrogen and oxygen atoms in total. The molecule has 100 valence electrons. The summed E-state index contributed by atoms with van der Waals surface area (Å²) in [6.45, 7) is 7.67. The molecule has 0 aliphatic carbocycles. The predicted molar refractivity (Wildman–Crippen MR) is 77.6 cm³/mol. The van der Waals surface area contributed by atoms with Gasteiger partial charge in [-0.15, -0.1) is 0 Å². The second-order valence-corrected chi connectivity index (χ2v) is 5.57. The van der Waals surface area contributed by atoms with Crippen LogP contribution in [0.3, 0.4) is 0 Å². The average Bonchev–Trinajstić information content (AvgIpc) is 2.42. The molecular formula is C16H26N2. The van der Waals surface area contributed by atoms with Gasteiger partial charge in [-0.2, -0.15) is 0 Å². The number of benzene rings is 1. The Bertz CT molecular complexity index is 358.